The van der Waals surface area contributed by atoms with Crippen LogP contribution >= 0.6 is 0 Å². The minimum atomic E-state index is -0.138. The van der Waals surface area contributed by atoms with Gasteiger partial charge in [-0.2, -0.15) is 0 Å². The molecule has 4 rings (SSSR count). The smallest absolute Gasteiger partial charge is 0.218 e. The van der Waals surface area contributed by atoms with Crippen LogP contribution in [0.4, 0.5) is 5.82 Å². The summed E-state index contributed by atoms with van der Waals surface area (Å²) in [5.74, 6) is 2.62. The van der Waals surface area contributed by atoms with Crippen LogP contribution in [0.2, 0.25) is 0 Å². The van der Waals surface area contributed by atoms with Crippen molar-refractivity contribution in [3.05, 3.63) is 36.9 Å². The molecule has 2 aromatic rings. The number of rotatable bonds is 5. The van der Waals surface area contributed by atoms with E-state index < -0.39 is 0 Å². The Labute approximate surface area is 140 Å². The van der Waals surface area contributed by atoms with E-state index in [0.717, 1.165) is 37.7 Å². The van der Waals surface area contributed by atoms with Gasteiger partial charge in [-0.1, -0.05) is 0 Å². The number of anilines is 1. The number of nitrogens with zero attached hydrogens (tertiary/aromatic N) is 4. The SMILES string of the molecule is COc1cc(N2CC3(C2)OCC[C@@H]3COc2cccnc2)ncn1. The van der Waals surface area contributed by atoms with E-state index in [2.05, 4.69) is 19.9 Å². The summed E-state index contributed by atoms with van der Waals surface area (Å²) in [5.41, 5.74) is -0.138. The molecule has 0 N–H and O–H groups in total. The van der Waals surface area contributed by atoms with Crippen molar-refractivity contribution in [2.45, 2.75) is 12.0 Å². The van der Waals surface area contributed by atoms with Gasteiger partial charge in [0.25, 0.3) is 0 Å². The molecule has 2 aromatic heterocycles. The molecule has 4 heterocycles. The first-order valence-corrected chi connectivity index (χ1v) is 8.07. The summed E-state index contributed by atoms with van der Waals surface area (Å²) in [5, 5.41) is 0. The van der Waals surface area contributed by atoms with Crippen molar-refractivity contribution in [2.75, 3.05) is 38.3 Å². The highest BCUT2D eigenvalue weighted by Crippen LogP contribution is 2.41. The lowest BCUT2D eigenvalue weighted by molar-refractivity contribution is -0.0526. The first-order valence-electron chi connectivity index (χ1n) is 8.07. The second kappa shape index (κ2) is 6.24. The Hall–Kier alpha value is -2.41. The van der Waals surface area contributed by atoms with E-state index in [-0.39, 0.29) is 5.60 Å². The summed E-state index contributed by atoms with van der Waals surface area (Å²) in [4.78, 5) is 14.6. The highest BCUT2D eigenvalue weighted by Gasteiger charge is 2.53. The molecule has 2 aliphatic heterocycles. The van der Waals surface area contributed by atoms with E-state index in [4.69, 9.17) is 14.2 Å². The number of ether oxygens (including phenoxy) is 3. The van der Waals surface area contributed by atoms with Gasteiger partial charge in [0, 0.05) is 24.8 Å². The average molecular weight is 328 g/mol. The van der Waals surface area contributed by atoms with E-state index in [9.17, 15) is 0 Å². The lowest BCUT2D eigenvalue weighted by atomic mass is 9.81. The second-order valence-electron chi connectivity index (χ2n) is 6.17. The van der Waals surface area contributed by atoms with Crippen molar-refractivity contribution < 1.29 is 14.2 Å². The molecule has 0 aromatic carbocycles. The molecular weight excluding hydrogens is 308 g/mol. The largest absolute Gasteiger partial charge is 0.492 e. The molecule has 0 radical (unpaired) electrons. The van der Waals surface area contributed by atoms with Gasteiger partial charge in [0.15, 0.2) is 0 Å². The molecule has 0 unspecified atom stereocenters. The average Bonchev–Trinajstić information content (AvgIpc) is 3.03. The molecule has 7 nitrogen and oxygen atoms in total. The molecule has 0 amide bonds. The van der Waals surface area contributed by atoms with E-state index in [1.54, 1.807) is 19.5 Å². The van der Waals surface area contributed by atoms with Crippen molar-refractivity contribution in [2.24, 2.45) is 5.92 Å². The lowest BCUT2D eigenvalue weighted by Crippen LogP contribution is -2.65. The fraction of sp³-hybridized carbons (Fsp3) is 0.471. The summed E-state index contributed by atoms with van der Waals surface area (Å²) in [6.07, 6.45) is 6.02. The predicted molar refractivity (Wildman–Crippen MR) is 87.3 cm³/mol. The molecule has 24 heavy (non-hydrogen) atoms. The Kier molecular flexibility index (Phi) is 3.93. The Balaban J connectivity index is 1.39. The molecule has 2 saturated heterocycles. The molecule has 126 valence electrons. The molecular formula is C17H20N4O3. The van der Waals surface area contributed by atoms with Crippen LogP contribution in [-0.2, 0) is 4.74 Å². The van der Waals surface area contributed by atoms with Gasteiger partial charge in [0.1, 0.15) is 23.5 Å². The van der Waals surface area contributed by atoms with E-state index in [1.165, 1.54) is 6.33 Å². The van der Waals surface area contributed by atoms with Gasteiger partial charge in [-0.25, -0.2) is 9.97 Å². The number of aromatic nitrogens is 3. The molecule has 2 aliphatic rings. The van der Waals surface area contributed by atoms with Crippen LogP contribution in [0.5, 0.6) is 11.6 Å². The summed E-state index contributed by atoms with van der Waals surface area (Å²) >= 11 is 0. The molecule has 0 aliphatic carbocycles. The number of pyridine rings is 1. The summed E-state index contributed by atoms with van der Waals surface area (Å²) < 4.78 is 17.1. The zero-order valence-electron chi connectivity index (χ0n) is 13.6. The Morgan fingerprint density at radius 3 is 3.08 bits per heavy atom. The topological polar surface area (TPSA) is 69.6 Å². The van der Waals surface area contributed by atoms with E-state index >= 15 is 0 Å². The number of methoxy groups -OCH3 is 1. The molecule has 0 bridgehead atoms. The maximum absolute atomic E-state index is 6.07. The van der Waals surface area contributed by atoms with Crippen molar-refractivity contribution in [1.29, 1.82) is 0 Å². The van der Waals surface area contributed by atoms with Gasteiger partial charge >= 0.3 is 0 Å². The van der Waals surface area contributed by atoms with Crippen LogP contribution in [0, 0.1) is 5.92 Å². The first-order chi connectivity index (χ1) is 11.8. The number of hydrogen-bond donors (Lipinski definition) is 0. The minimum Gasteiger partial charge on any atom is -0.492 e. The van der Waals surface area contributed by atoms with Crippen LogP contribution in [0.15, 0.2) is 36.9 Å². The monoisotopic (exact) mass is 328 g/mol. The van der Waals surface area contributed by atoms with Crippen LogP contribution in [0.1, 0.15) is 6.42 Å². The Bertz CT molecular complexity index is 691. The van der Waals surface area contributed by atoms with Gasteiger partial charge in [0.2, 0.25) is 5.88 Å². The summed E-state index contributed by atoms with van der Waals surface area (Å²) in [6.45, 7) is 3.05. The second-order valence-corrected chi connectivity index (χ2v) is 6.17. The molecule has 0 saturated carbocycles. The third-order valence-corrected chi connectivity index (χ3v) is 4.76. The molecule has 1 atom stereocenters. The fourth-order valence-electron chi connectivity index (χ4n) is 3.38. The lowest BCUT2D eigenvalue weighted by Gasteiger charge is -2.50. The molecule has 2 fully saturated rings. The Morgan fingerprint density at radius 2 is 2.29 bits per heavy atom. The quantitative estimate of drug-likeness (QED) is 0.825. The normalized spacial score (nSPS) is 21.5. The highest BCUT2D eigenvalue weighted by molar-refractivity contribution is 5.46. The summed E-state index contributed by atoms with van der Waals surface area (Å²) in [7, 11) is 1.61. The van der Waals surface area contributed by atoms with E-state index in [1.807, 2.05) is 18.2 Å². The Morgan fingerprint density at radius 1 is 1.38 bits per heavy atom. The summed E-state index contributed by atoms with van der Waals surface area (Å²) in [6, 6.07) is 5.66. The predicted octanol–water partition coefficient (Wildman–Crippen LogP) is 1.55. The highest BCUT2D eigenvalue weighted by atomic mass is 16.5. The van der Waals surface area contributed by atoms with Crippen molar-refractivity contribution >= 4 is 5.82 Å². The zero-order valence-corrected chi connectivity index (χ0v) is 13.6. The van der Waals surface area contributed by atoms with Crippen LogP contribution in [0.25, 0.3) is 0 Å². The minimum absolute atomic E-state index is 0.138. The van der Waals surface area contributed by atoms with Gasteiger partial charge in [-0.15, -0.1) is 0 Å². The number of hydrogen-bond acceptors (Lipinski definition) is 7. The van der Waals surface area contributed by atoms with Gasteiger partial charge < -0.3 is 19.1 Å². The molecule has 7 heteroatoms. The van der Waals surface area contributed by atoms with Crippen LogP contribution in [-0.4, -0.2) is 54.0 Å². The van der Waals surface area contributed by atoms with Crippen LogP contribution < -0.4 is 14.4 Å². The van der Waals surface area contributed by atoms with Gasteiger partial charge in [0.05, 0.1) is 33.0 Å². The van der Waals surface area contributed by atoms with Crippen molar-refractivity contribution in [3.63, 3.8) is 0 Å². The van der Waals surface area contributed by atoms with Crippen molar-refractivity contribution in [3.8, 4) is 11.6 Å². The third kappa shape index (κ3) is 2.75. The van der Waals surface area contributed by atoms with Gasteiger partial charge in [-0.05, 0) is 18.6 Å². The molecule has 1 spiro atoms. The maximum Gasteiger partial charge on any atom is 0.218 e. The standard InChI is InChI=1S/C17H20N4O3/c1-22-16-7-15(19-12-20-16)21-10-17(11-21)13(4-6-24-17)9-23-14-3-2-5-18-8-14/h2-3,5,7-8,12-13H,4,6,9-11H2,1H3/t13-/m1/s1. The van der Waals surface area contributed by atoms with Gasteiger partial charge in [-0.3, -0.25) is 4.98 Å². The van der Waals surface area contributed by atoms with Crippen LogP contribution in [0.3, 0.4) is 0 Å². The maximum atomic E-state index is 6.07. The van der Waals surface area contributed by atoms with E-state index in [0.29, 0.717) is 18.4 Å². The third-order valence-electron chi connectivity index (χ3n) is 4.76. The fourth-order valence-corrected chi connectivity index (χ4v) is 3.38. The van der Waals surface area contributed by atoms with Crippen molar-refractivity contribution in [1.82, 2.24) is 15.0 Å². The first kappa shape index (κ1) is 15.1. The zero-order chi connectivity index (χ0) is 16.4.